The fourth-order valence-corrected chi connectivity index (χ4v) is 2.10. The summed E-state index contributed by atoms with van der Waals surface area (Å²) >= 11 is 0. The van der Waals surface area contributed by atoms with Gasteiger partial charge in [0.15, 0.2) is 0 Å². The molecule has 4 nitrogen and oxygen atoms in total. The van der Waals surface area contributed by atoms with Crippen molar-refractivity contribution in [3.63, 3.8) is 0 Å². The lowest BCUT2D eigenvalue weighted by molar-refractivity contribution is 0.959. The second-order valence-electron chi connectivity index (χ2n) is 4.40. The van der Waals surface area contributed by atoms with Crippen molar-refractivity contribution in [1.82, 2.24) is 10.3 Å². The van der Waals surface area contributed by atoms with Crippen LogP contribution >= 0.6 is 0 Å². The molecule has 1 aromatic heterocycles. The van der Waals surface area contributed by atoms with E-state index in [1.165, 1.54) is 5.56 Å². The van der Waals surface area contributed by atoms with Crippen LogP contribution in [0.4, 0.5) is 5.82 Å². The van der Waals surface area contributed by atoms with Crippen molar-refractivity contribution in [1.29, 1.82) is 0 Å². The van der Waals surface area contributed by atoms with Crippen molar-refractivity contribution >= 4 is 11.7 Å². The summed E-state index contributed by atoms with van der Waals surface area (Å²) in [6.45, 7) is 2.50. The van der Waals surface area contributed by atoms with E-state index in [9.17, 15) is 0 Å². The predicted octanol–water partition coefficient (Wildman–Crippen LogP) is 2.04. The van der Waals surface area contributed by atoms with Crippen LogP contribution in [-0.4, -0.2) is 23.9 Å². The SMILES string of the molecule is c1ccc(CNc2ncccc2C2=NCCN2)cc1. The first kappa shape index (κ1) is 11.7. The number of hydrogen-bond acceptors (Lipinski definition) is 4. The Bertz CT molecular complexity index is 578. The zero-order valence-electron chi connectivity index (χ0n) is 10.6. The Morgan fingerprint density at radius 2 is 2.00 bits per heavy atom. The van der Waals surface area contributed by atoms with Crippen molar-refractivity contribution in [2.75, 3.05) is 18.4 Å². The first-order chi connectivity index (χ1) is 9.43. The number of benzene rings is 1. The van der Waals surface area contributed by atoms with Gasteiger partial charge in [0, 0.05) is 19.3 Å². The maximum atomic E-state index is 4.45. The van der Waals surface area contributed by atoms with Crippen LogP contribution in [0.1, 0.15) is 11.1 Å². The standard InChI is InChI=1S/C15H16N4/c1-2-5-12(6-3-1)11-19-15-13(7-4-8-16-15)14-17-9-10-18-14/h1-8H,9-11H2,(H,16,19)(H,17,18). The maximum Gasteiger partial charge on any atom is 0.137 e. The molecule has 19 heavy (non-hydrogen) atoms. The number of aromatic nitrogens is 1. The van der Waals surface area contributed by atoms with Gasteiger partial charge in [-0.3, -0.25) is 4.99 Å². The fraction of sp³-hybridized carbons (Fsp3) is 0.200. The quantitative estimate of drug-likeness (QED) is 0.875. The number of nitrogens with one attached hydrogen (secondary N) is 2. The predicted molar refractivity (Wildman–Crippen MR) is 77.4 cm³/mol. The Balaban J connectivity index is 1.77. The highest BCUT2D eigenvalue weighted by Crippen LogP contribution is 2.14. The van der Waals surface area contributed by atoms with Gasteiger partial charge < -0.3 is 10.6 Å². The highest BCUT2D eigenvalue weighted by atomic mass is 15.1. The van der Waals surface area contributed by atoms with Gasteiger partial charge >= 0.3 is 0 Å². The number of hydrogen-bond donors (Lipinski definition) is 2. The summed E-state index contributed by atoms with van der Waals surface area (Å²) in [6.07, 6.45) is 1.80. The van der Waals surface area contributed by atoms with E-state index in [2.05, 4.69) is 32.7 Å². The first-order valence-corrected chi connectivity index (χ1v) is 6.45. The lowest BCUT2D eigenvalue weighted by Crippen LogP contribution is -2.21. The monoisotopic (exact) mass is 252 g/mol. The molecule has 0 atom stereocenters. The van der Waals surface area contributed by atoms with Gasteiger partial charge in [-0.05, 0) is 17.7 Å². The zero-order chi connectivity index (χ0) is 12.9. The molecule has 0 bridgehead atoms. The molecular formula is C15H16N4. The van der Waals surface area contributed by atoms with Crippen molar-refractivity contribution in [2.24, 2.45) is 4.99 Å². The molecule has 2 aromatic rings. The minimum atomic E-state index is 0.762. The van der Waals surface area contributed by atoms with Crippen molar-refractivity contribution < 1.29 is 0 Å². The average molecular weight is 252 g/mol. The Labute approximate surface area is 112 Å². The van der Waals surface area contributed by atoms with E-state index in [1.807, 2.05) is 30.3 Å². The second-order valence-corrected chi connectivity index (χ2v) is 4.40. The van der Waals surface area contributed by atoms with E-state index in [-0.39, 0.29) is 0 Å². The van der Waals surface area contributed by atoms with Gasteiger partial charge in [-0.15, -0.1) is 0 Å². The Hall–Kier alpha value is -2.36. The number of nitrogens with zero attached hydrogens (tertiary/aromatic N) is 2. The summed E-state index contributed by atoms with van der Waals surface area (Å²) in [7, 11) is 0. The molecule has 2 heterocycles. The largest absolute Gasteiger partial charge is 0.368 e. The molecule has 96 valence electrons. The van der Waals surface area contributed by atoms with E-state index in [0.717, 1.165) is 36.9 Å². The molecule has 1 aliphatic heterocycles. The highest BCUT2D eigenvalue weighted by Gasteiger charge is 2.12. The fourth-order valence-electron chi connectivity index (χ4n) is 2.10. The van der Waals surface area contributed by atoms with Crippen LogP contribution in [0.3, 0.4) is 0 Å². The third kappa shape index (κ3) is 2.73. The van der Waals surface area contributed by atoms with E-state index in [4.69, 9.17) is 0 Å². The van der Waals surface area contributed by atoms with Crippen LogP contribution < -0.4 is 10.6 Å². The lowest BCUT2D eigenvalue weighted by Gasteiger charge is -2.11. The number of aliphatic imine (C=N–C) groups is 1. The van der Waals surface area contributed by atoms with Gasteiger partial charge in [0.25, 0.3) is 0 Å². The smallest absolute Gasteiger partial charge is 0.137 e. The molecular weight excluding hydrogens is 236 g/mol. The molecule has 0 unspecified atom stereocenters. The van der Waals surface area contributed by atoms with E-state index >= 15 is 0 Å². The third-order valence-corrected chi connectivity index (χ3v) is 3.04. The summed E-state index contributed by atoms with van der Waals surface area (Å²) in [5.74, 6) is 1.81. The molecule has 0 radical (unpaired) electrons. The molecule has 4 heteroatoms. The summed E-state index contributed by atoms with van der Waals surface area (Å²) in [6, 6.07) is 14.3. The van der Waals surface area contributed by atoms with Crippen LogP contribution in [0.25, 0.3) is 0 Å². The Morgan fingerprint density at radius 1 is 1.11 bits per heavy atom. The van der Waals surface area contributed by atoms with Crippen LogP contribution in [0.5, 0.6) is 0 Å². The van der Waals surface area contributed by atoms with Crippen molar-refractivity contribution in [2.45, 2.75) is 6.54 Å². The van der Waals surface area contributed by atoms with Gasteiger partial charge in [-0.1, -0.05) is 30.3 Å². The molecule has 1 aromatic carbocycles. The summed E-state index contributed by atoms with van der Waals surface area (Å²) < 4.78 is 0. The van der Waals surface area contributed by atoms with E-state index < -0.39 is 0 Å². The van der Waals surface area contributed by atoms with E-state index in [0.29, 0.717) is 0 Å². The van der Waals surface area contributed by atoms with Crippen LogP contribution in [0.15, 0.2) is 53.7 Å². The Morgan fingerprint density at radius 3 is 2.79 bits per heavy atom. The third-order valence-electron chi connectivity index (χ3n) is 3.04. The molecule has 0 aliphatic carbocycles. The van der Waals surface area contributed by atoms with Gasteiger partial charge in [0.05, 0.1) is 12.1 Å². The number of pyridine rings is 1. The minimum Gasteiger partial charge on any atom is -0.368 e. The molecule has 0 saturated heterocycles. The molecule has 3 rings (SSSR count). The summed E-state index contributed by atoms with van der Waals surface area (Å²) in [5, 5.41) is 6.66. The van der Waals surface area contributed by atoms with Crippen molar-refractivity contribution in [3.8, 4) is 0 Å². The molecule has 0 spiro atoms. The molecule has 0 saturated carbocycles. The summed E-state index contributed by atoms with van der Waals surface area (Å²) in [5.41, 5.74) is 2.27. The van der Waals surface area contributed by atoms with E-state index in [1.54, 1.807) is 6.20 Å². The lowest BCUT2D eigenvalue weighted by atomic mass is 10.2. The minimum absolute atomic E-state index is 0.762. The normalized spacial score (nSPS) is 13.8. The van der Waals surface area contributed by atoms with Crippen LogP contribution in [-0.2, 0) is 6.54 Å². The molecule has 2 N–H and O–H groups in total. The number of amidine groups is 1. The zero-order valence-corrected chi connectivity index (χ0v) is 10.6. The van der Waals surface area contributed by atoms with Gasteiger partial charge in [0.1, 0.15) is 11.7 Å². The molecule has 0 fully saturated rings. The Kier molecular flexibility index (Phi) is 3.40. The average Bonchev–Trinajstić information content (AvgIpc) is 3.01. The molecule has 0 amide bonds. The second kappa shape index (κ2) is 5.52. The molecule has 1 aliphatic rings. The van der Waals surface area contributed by atoms with Crippen LogP contribution in [0, 0.1) is 0 Å². The first-order valence-electron chi connectivity index (χ1n) is 6.45. The van der Waals surface area contributed by atoms with Gasteiger partial charge in [-0.2, -0.15) is 0 Å². The van der Waals surface area contributed by atoms with Crippen molar-refractivity contribution in [3.05, 3.63) is 59.8 Å². The summed E-state index contributed by atoms with van der Waals surface area (Å²) in [4.78, 5) is 8.85. The highest BCUT2D eigenvalue weighted by molar-refractivity contribution is 6.03. The van der Waals surface area contributed by atoms with Crippen LogP contribution in [0.2, 0.25) is 0 Å². The maximum absolute atomic E-state index is 4.45. The van der Waals surface area contributed by atoms with Gasteiger partial charge in [0.2, 0.25) is 0 Å². The topological polar surface area (TPSA) is 49.3 Å². The number of rotatable bonds is 4. The number of anilines is 1. The van der Waals surface area contributed by atoms with Gasteiger partial charge in [-0.25, -0.2) is 4.98 Å².